The summed E-state index contributed by atoms with van der Waals surface area (Å²) in [4.78, 5) is 13.9. The molecule has 1 aliphatic heterocycles. The second-order valence-corrected chi connectivity index (χ2v) is 5.41. The van der Waals surface area contributed by atoms with Gasteiger partial charge in [-0.3, -0.25) is 4.79 Å². The zero-order valence-corrected chi connectivity index (χ0v) is 12.3. The van der Waals surface area contributed by atoms with Gasteiger partial charge >= 0.3 is 6.18 Å². The van der Waals surface area contributed by atoms with Crippen molar-refractivity contribution in [2.24, 2.45) is 0 Å². The van der Waals surface area contributed by atoms with E-state index >= 15 is 0 Å². The molecule has 2 atom stereocenters. The number of ether oxygens (including phenoxy) is 1. The Morgan fingerprint density at radius 1 is 1.41 bits per heavy atom. The molecule has 1 N–H and O–H groups in total. The number of benzene rings is 1. The molecule has 1 aliphatic rings. The Balaban J connectivity index is 2.02. The largest absolute Gasteiger partial charge is 0.408 e. The first kappa shape index (κ1) is 16.8. The maximum atomic E-state index is 13.1. The van der Waals surface area contributed by atoms with E-state index in [4.69, 9.17) is 4.74 Å². The Labute approximate surface area is 127 Å². The summed E-state index contributed by atoms with van der Waals surface area (Å²) in [6.07, 6.45) is -5.66. The van der Waals surface area contributed by atoms with Crippen molar-refractivity contribution in [1.82, 2.24) is 10.2 Å². The third-order valence-corrected chi connectivity index (χ3v) is 3.56. The molecule has 122 valence electrons. The molecule has 1 fully saturated rings. The van der Waals surface area contributed by atoms with Crippen LogP contribution in [-0.4, -0.2) is 55.9 Å². The number of nitrogens with one attached hydrogen (secondary N) is 1. The van der Waals surface area contributed by atoms with Gasteiger partial charge in [0, 0.05) is 19.5 Å². The number of morpholine rings is 1. The van der Waals surface area contributed by atoms with Crippen LogP contribution in [0, 0.1) is 0 Å². The van der Waals surface area contributed by atoms with E-state index < -0.39 is 24.2 Å². The molecule has 0 aromatic heterocycles. The predicted octanol–water partition coefficient (Wildman–Crippen LogP) is 1.61. The van der Waals surface area contributed by atoms with Crippen LogP contribution in [0.15, 0.2) is 30.3 Å². The molecule has 1 saturated heterocycles. The first-order valence-corrected chi connectivity index (χ1v) is 7.07. The normalized spacial score (nSPS) is 21.4. The standard InChI is InChI=1S/C15H19F3N2O2/c1-20-7-8-22-12(10-20)14(21)19-13(15(16,17)18)9-11-5-3-2-4-6-11/h2-6,12-13H,7-10H2,1H3,(H,19,21). The molecule has 2 rings (SSSR count). The predicted molar refractivity (Wildman–Crippen MR) is 75.4 cm³/mol. The van der Waals surface area contributed by atoms with Crippen LogP contribution in [0.2, 0.25) is 0 Å². The lowest BCUT2D eigenvalue weighted by Crippen LogP contribution is -2.54. The van der Waals surface area contributed by atoms with Gasteiger partial charge in [0.2, 0.25) is 0 Å². The number of nitrogens with zero attached hydrogens (tertiary/aromatic N) is 1. The van der Waals surface area contributed by atoms with Crippen molar-refractivity contribution < 1.29 is 22.7 Å². The van der Waals surface area contributed by atoms with Crippen LogP contribution >= 0.6 is 0 Å². The number of rotatable bonds is 4. The van der Waals surface area contributed by atoms with Crippen molar-refractivity contribution in [1.29, 1.82) is 0 Å². The van der Waals surface area contributed by atoms with Crippen LogP contribution < -0.4 is 5.32 Å². The molecule has 2 unspecified atom stereocenters. The lowest BCUT2D eigenvalue weighted by atomic mass is 10.1. The van der Waals surface area contributed by atoms with Gasteiger partial charge in [0.25, 0.3) is 5.91 Å². The maximum absolute atomic E-state index is 13.1. The Morgan fingerprint density at radius 2 is 2.09 bits per heavy atom. The fourth-order valence-corrected chi connectivity index (χ4v) is 2.30. The number of amides is 1. The number of carbonyl (C=O) groups excluding carboxylic acids is 1. The number of halogens is 3. The van der Waals surface area contributed by atoms with Gasteiger partial charge in [0.1, 0.15) is 12.1 Å². The number of hydrogen-bond acceptors (Lipinski definition) is 3. The van der Waals surface area contributed by atoms with Gasteiger partial charge in [0.05, 0.1) is 6.61 Å². The molecule has 22 heavy (non-hydrogen) atoms. The maximum Gasteiger partial charge on any atom is 0.408 e. The van der Waals surface area contributed by atoms with Gasteiger partial charge in [-0.25, -0.2) is 0 Å². The van der Waals surface area contributed by atoms with Crippen molar-refractivity contribution in [3.8, 4) is 0 Å². The minimum Gasteiger partial charge on any atom is -0.366 e. The van der Waals surface area contributed by atoms with E-state index in [0.29, 0.717) is 25.3 Å². The highest BCUT2D eigenvalue weighted by molar-refractivity contribution is 5.81. The fourth-order valence-electron chi connectivity index (χ4n) is 2.30. The molecular formula is C15H19F3N2O2. The van der Waals surface area contributed by atoms with E-state index in [1.54, 1.807) is 37.4 Å². The Kier molecular flexibility index (Phi) is 5.42. The third-order valence-electron chi connectivity index (χ3n) is 3.56. The van der Waals surface area contributed by atoms with E-state index in [0.717, 1.165) is 0 Å². The smallest absolute Gasteiger partial charge is 0.366 e. The number of likely N-dealkylation sites (N-methyl/N-ethyl adjacent to an activating group) is 1. The van der Waals surface area contributed by atoms with Gasteiger partial charge < -0.3 is 15.0 Å². The molecule has 4 nitrogen and oxygen atoms in total. The van der Waals surface area contributed by atoms with Crippen LogP contribution in [-0.2, 0) is 16.0 Å². The minimum absolute atomic E-state index is 0.293. The molecule has 0 spiro atoms. The van der Waals surface area contributed by atoms with Crippen molar-refractivity contribution in [3.63, 3.8) is 0 Å². The zero-order chi connectivity index (χ0) is 16.2. The summed E-state index contributed by atoms with van der Waals surface area (Å²) in [5, 5.41) is 2.08. The topological polar surface area (TPSA) is 41.6 Å². The van der Waals surface area contributed by atoms with Crippen molar-refractivity contribution in [3.05, 3.63) is 35.9 Å². The van der Waals surface area contributed by atoms with Gasteiger partial charge in [-0.05, 0) is 12.6 Å². The van der Waals surface area contributed by atoms with Crippen molar-refractivity contribution in [2.75, 3.05) is 26.7 Å². The van der Waals surface area contributed by atoms with Crippen LogP contribution in [0.4, 0.5) is 13.2 Å². The van der Waals surface area contributed by atoms with Gasteiger partial charge in [-0.1, -0.05) is 30.3 Å². The van der Waals surface area contributed by atoms with Crippen molar-refractivity contribution in [2.45, 2.75) is 24.7 Å². The van der Waals surface area contributed by atoms with Crippen molar-refractivity contribution >= 4 is 5.91 Å². The van der Waals surface area contributed by atoms with E-state index in [2.05, 4.69) is 5.32 Å². The van der Waals surface area contributed by atoms with Crippen LogP contribution in [0.5, 0.6) is 0 Å². The van der Waals surface area contributed by atoms with Crippen LogP contribution in [0.25, 0.3) is 0 Å². The van der Waals surface area contributed by atoms with Crippen LogP contribution in [0.1, 0.15) is 5.56 Å². The average molecular weight is 316 g/mol. The third kappa shape index (κ3) is 4.71. The highest BCUT2D eigenvalue weighted by Gasteiger charge is 2.41. The SMILES string of the molecule is CN1CCOC(C(=O)NC(Cc2ccccc2)C(F)(F)F)C1. The molecule has 0 saturated carbocycles. The lowest BCUT2D eigenvalue weighted by molar-refractivity contribution is -0.166. The highest BCUT2D eigenvalue weighted by atomic mass is 19.4. The second kappa shape index (κ2) is 7.11. The zero-order valence-electron chi connectivity index (χ0n) is 12.3. The summed E-state index contributed by atoms with van der Waals surface area (Å²) in [6, 6.07) is 6.37. The summed E-state index contributed by atoms with van der Waals surface area (Å²) in [5.74, 6) is -0.718. The Bertz CT molecular complexity index is 493. The molecule has 1 aromatic carbocycles. The molecule has 7 heteroatoms. The van der Waals surface area contributed by atoms with E-state index in [1.165, 1.54) is 0 Å². The molecule has 1 aromatic rings. The van der Waals surface area contributed by atoms with Gasteiger partial charge in [-0.15, -0.1) is 0 Å². The van der Waals surface area contributed by atoms with E-state index in [1.807, 2.05) is 4.90 Å². The molecule has 1 amide bonds. The number of hydrogen-bond donors (Lipinski definition) is 1. The highest BCUT2D eigenvalue weighted by Crippen LogP contribution is 2.23. The summed E-state index contributed by atoms with van der Waals surface area (Å²) in [5.41, 5.74) is 0.520. The molecule has 0 radical (unpaired) electrons. The van der Waals surface area contributed by atoms with Gasteiger partial charge in [0.15, 0.2) is 0 Å². The molecule has 0 bridgehead atoms. The Morgan fingerprint density at radius 3 is 2.68 bits per heavy atom. The van der Waals surface area contributed by atoms with E-state index in [9.17, 15) is 18.0 Å². The van der Waals surface area contributed by atoms with Gasteiger partial charge in [-0.2, -0.15) is 13.2 Å². The summed E-state index contributed by atoms with van der Waals surface area (Å²) >= 11 is 0. The fraction of sp³-hybridized carbons (Fsp3) is 0.533. The first-order chi connectivity index (χ1) is 10.4. The number of alkyl halides is 3. The van der Waals surface area contributed by atoms with Crippen LogP contribution in [0.3, 0.4) is 0 Å². The molecular weight excluding hydrogens is 297 g/mol. The average Bonchev–Trinajstić information content (AvgIpc) is 2.46. The lowest BCUT2D eigenvalue weighted by Gasteiger charge is -2.31. The Hall–Kier alpha value is -1.60. The molecule has 1 heterocycles. The quantitative estimate of drug-likeness (QED) is 0.917. The first-order valence-electron chi connectivity index (χ1n) is 7.07. The second-order valence-electron chi connectivity index (χ2n) is 5.41. The summed E-state index contributed by atoms with van der Waals surface area (Å²) in [6.45, 7) is 1.29. The minimum atomic E-state index is -4.51. The summed E-state index contributed by atoms with van der Waals surface area (Å²) < 4.78 is 44.7. The summed E-state index contributed by atoms with van der Waals surface area (Å²) in [7, 11) is 1.80. The van der Waals surface area contributed by atoms with E-state index in [-0.39, 0.29) is 6.42 Å². The number of carbonyl (C=O) groups is 1. The monoisotopic (exact) mass is 316 g/mol. The molecule has 0 aliphatic carbocycles.